The van der Waals surface area contributed by atoms with Gasteiger partial charge in [0.15, 0.2) is 0 Å². The van der Waals surface area contributed by atoms with E-state index >= 15 is 0 Å². The molecule has 0 saturated carbocycles. The third kappa shape index (κ3) is 3.15. The van der Waals surface area contributed by atoms with E-state index in [0.29, 0.717) is 18.3 Å². The molecule has 120 valence electrons. The van der Waals surface area contributed by atoms with Crippen molar-refractivity contribution < 1.29 is 9.32 Å². The lowest BCUT2D eigenvalue weighted by molar-refractivity contribution is -0.131. The van der Waals surface area contributed by atoms with Crippen LogP contribution >= 0.6 is 0 Å². The molecular formula is C16H24N4O2. The number of hydrogen-bond acceptors (Lipinski definition) is 5. The molecule has 2 heterocycles. The van der Waals surface area contributed by atoms with Crippen molar-refractivity contribution in [3.8, 4) is 0 Å². The summed E-state index contributed by atoms with van der Waals surface area (Å²) in [4.78, 5) is 20.8. The lowest BCUT2D eigenvalue weighted by Crippen LogP contribution is -2.31. The predicted octanol–water partition coefficient (Wildman–Crippen LogP) is 2.69. The molecule has 0 bridgehead atoms. The van der Waals surface area contributed by atoms with E-state index in [1.54, 1.807) is 4.90 Å². The Morgan fingerprint density at radius 1 is 1.41 bits per heavy atom. The molecule has 0 spiro atoms. The molecule has 6 heteroatoms. The Hall–Kier alpha value is -1.85. The smallest absolute Gasteiger partial charge is 0.265 e. The van der Waals surface area contributed by atoms with Crippen molar-refractivity contribution in [2.45, 2.75) is 51.0 Å². The highest BCUT2D eigenvalue weighted by atomic mass is 16.5. The van der Waals surface area contributed by atoms with Crippen molar-refractivity contribution >= 4 is 11.9 Å². The van der Waals surface area contributed by atoms with Crippen molar-refractivity contribution in [1.82, 2.24) is 15.0 Å². The van der Waals surface area contributed by atoms with Crippen LogP contribution in [0, 0.1) is 0 Å². The van der Waals surface area contributed by atoms with Gasteiger partial charge in [-0.05, 0) is 43.7 Å². The van der Waals surface area contributed by atoms with Crippen LogP contribution in [0.5, 0.6) is 0 Å². The molecular weight excluding hydrogens is 280 g/mol. The van der Waals surface area contributed by atoms with Crippen LogP contribution in [0.3, 0.4) is 0 Å². The fourth-order valence-corrected chi connectivity index (χ4v) is 3.23. The molecule has 22 heavy (non-hydrogen) atoms. The van der Waals surface area contributed by atoms with Crippen LogP contribution in [0.15, 0.2) is 16.2 Å². The minimum absolute atomic E-state index is 0.0575. The molecule has 1 saturated heterocycles. The lowest BCUT2D eigenvalue weighted by Gasteiger charge is -2.23. The Bertz CT molecular complexity index is 564. The highest BCUT2D eigenvalue weighted by Crippen LogP contribution is 2.33. The molecule has 1 aromatic rings. The quantitative estimate of drug-likeness (QED) is 0.800. The molecule has 0 aromatic carbocycles. The SMILES string of the molecule is CN(C)c1noc([C@@H]2CCCN2C(=O)CC2=CCCCC2)n1. The largest absolute Gasteiger partial charge is 0.344 e. The molecule has 0 N–H and O–H groups in total. The van der Waals surface area contributed by atoms with Gasteiger partial charge < -0.3 is 14.3 Å². The number of carbonyl (C=O) groups excluding carboxylic acids is 1. The first-order valence-corrected chi connectivity index (χ1v) is 8.13. The molecule has 1 fully saturated rings. The topological polar surface area (TPSA) is 62.5 Å². The van der Waals surface area contributed by atoms with Gasteiger partial charge in [0.2, 0.25) is 5.91 Å². The normalized spacial score (nSPS) is 21.8. The van der Waals surface area contributed by atoms with Gasteiger partial charge in [-0.25, -0.2) is 0 Å². The van der Waals surface area contributed by atoms with Gasteiger partial charge in [0.1, 0.15) is 6.04 Å². The van der Waals surface area contributed by atoms with Crippen molar-refractivity contribution in [3.63, 3.8) is 0 Å². The third-order valence-electron chi connectivity index (χ3n) is 4.45. The van der Waals surface area contributed by atoms with Crippen LogP contribution in [-0.2, 0) is 4.79 Å². The Labute approximate surface area is 131 Å². The van der Waals surface area contributed by atoms with E-state index < -0.39 is 0 Å². The van der Waals surface area contributed by atoms with E-state index in [4.69, 9.17) is 4.52 Å². The van der Waals surface area contributed by atoms with Gasteiger partial charge in [-0.3, -0.25) is 4.79 Å². The Morgan fingerprint density at radius 3 is 2.95 bits per heavy atom. The van der Waals surface area contributed by atoms with Crippen LogP contribution in [0.4, 0.5) is 5.95 Å². The average Bonchev–Trinajstić information content (AvgIpc) is 3.17. The second-order valence-corrected chi connectivity index (χ2v) is 6.36. The summed E-state index contributed by atoms with van der Waals surface area (Å²) in [6, 6.07) is -0.0575. The summed E-state index contributed by atoms with van der Waals surface area (Å²) in [7, 11) is 3.75. The van der Waals surface area contributed by atoms with E-state index in [2.05, 4.69) is 16.2 Å². The van der Waals surface area contributed by atoms with Crippen molar-refractivity contribution in [2.75, 3.05) is 25.5 Å². The van der Waals surface area contributed by atoms with Crippen LogP contribution in [0.25, 0.3) is 0 Å². The first kappa shape index (κ1) is 15.1. The fourth-order valence-electron chi connectivity index (χ4n) is 3.23. The molecule has 1 aromatic heterocycles. The number of nitrogens with zero attached hydrogens (tertiary/aromatic N) is 4. The maximum absolute atomic E-state index is 12.6. The number of hydrogen-bond donors (Lipinski definition) is 0. The van der Waals surface area contributed by atoms with Crippen molar-refractivity contribution in [2.24, 2.45) is 0 Å². The lowest BCUT2D eigenvalue weighted by atomic mass is 9.97. The van der Waals surface area contributed by atoms with E-state index in [0.717, 1.165) is 32.2 Å². The van der Waals surface area contributed by atoms with Crippen LogP contribution in [-0.4, -0.2) is 41.6 Å². The van der Waals surface area contributed by atoms with Crippen LogP contribution in [0.1, 0.15) is 56.9 Å². The molecule has 1 aliphatic heterocycles. The fraction of sp³-hybridized carbons (Fsp3) is 0.688. The number of carbonyl (C=O) groups is 1. The standard InChI is InChI=1S/C16H24N4O2/c1-19(2)16-17-15(22-18-16)13-9-6-10-20(13)14(21)11-12-7-4-3-5-8-12/h7,13H,3-6,8-11H2,1-2H3/t13-/m0/s1. The summed E-state index contributed by atoms with van der Waals surface area (Å²) in [5, 5.41) is 3.96. The number of aromatic nitrogens is 2. The van der Waals surface area contributed by atoms with Gasteiger partial charge in [0.25, 0.3) is 11.8 Å². The molecule has 3 rings (SSSR count). The maximum atomic E-state index is 12.6. The highest BCUT2D eigenvalue weighted by molar-refractivity contribution is 5.79. The summed E-state index contributed by atoms with van der Waals surface area (Å²) >= 11 is 0. The number of amides is 1. The number of likely N-dealkylation sites (tertiary alicyclic amines) is 1. The summed E-state index contributed by atoms with van der Waals surface area (Å²) in [6.45, 7) is 0.788. The van der Waals surface area contributed by atoms with Crippen LogP contribution in [0.2, 0.25) is 0 Å². The van der Waals surface area contributed by atoms with Gasteiger partial charge >= 0.3 is 0 Å². The molecule has 6 nitrogen and oxygen atoms in total. The Kier molecular flexibility index (Phi) is 4.45. The first-order valence-electron chi connectivity index (χ1n) is 8.13. The zero-order chi connectivity index (χ0) is 15.5. The average molecular weight is 304 g/mol. The summed E-state index contributed by atoms with van der Waals surface area (Å²) in [6.07, 6.45) is 9.32. The molecule has 0 radical (unpaired) electrons. The summed E-state index contributed by atoms with van der Waals surface area (Å²) in [5.74, 6) is 1.32. The monoisotopic (exact) mass is 304 g/mol. The Balaban J connectivity index is 1.69. The minimum atomic E-state index is -0.0575. The molecule has 0 unspecified atom stereocenters. The molecule has 2 aliphatic rings. The minimum Gasteiger partial charge on any atom is -0.344 e. The first-order chi connectivity index (χ1) is 10.6. The van der Waals surface area contributed by atoms with Gasteiger partial charge in [-0.15, -0.1) is 0 Å². The van der Waals surface area contributed by atoms with E-state index in [9.17, 15) is 4.79 Å². The maximum Gasteiger partial charge on any atom is 0.265 e. The zero-order valence-corrected chi connectivity index (χ0v) is 13.4. The van der Waals surface area contributed by atoms with Gasteiger partial charge in [0.05, 0.1) is 0 Å². The van der Waals surface area contributed by atoms with E-state index in [1.807, 2.05) is 19.0 Å². The number of anilines is 1. The van der Waals surface area contributed by atoms with Gasteiger partial charge in [0, 0.05) is 27.1 Å². The van der Waals surface area contributed by atoms with Crippen LogP contribution < -0.4 is 4.90 Å². The number of rotatable bonds is 4. The molecule has 1 aliphatic carbocycles. The second-order valence-electron chi connectivity index (χ2n) is 6.36. The number of allylic oxidation sites excluding steroid dienone is 1. The van der Waals surface area contributed by atoms with E-state index in [-0.39, 0.29) is 11.9 Å². The van der Waals surface area contributed by atoms with Crippen molar-refractivity contribution in [1.29, 1.82) is 0 Å². The summed E-state index contributed by atoms with van der Waals surface area (Å²) < 4.78 is 5.37. The Morgan fingerprint density at radius 2 is 2.27 bits per heavy atom. The third-order valence-corrected chi connectivity index (χ3v) is 4.45. The summed E-state index contributed by atoms with van der Waals surface area (Å²) in [5.41, 5.74) is 1.29. The zero-order valence-electron chi connectivity index (χ0n) is 13.4. The van der Waals surface area contributed by atoms with Crippen molar-refractivity contribution in [3.05, 3.63) is 17.5 Å². The molecule has 1 atom stereocenters. The predicted molar refractivity (Wildman–Crippen MR) is 83.5 cm³/mol. The second kappa shape index (κ2) is 6.50. The molecule has 1 amide bonds. The van der Waals surface area contributed by atoms with Gasteiger partial charge in [-0.2, -0.15) is 4.98 Å². The van der Waals surface area contributed by atoms with E-state index in [1.165, 1.54) is 18.4 Å². The highest BCUT2D eigenvalue weighted by Gasteiger charge is 2.34. The van der Waals surface area contributed by atoms with Gasteiger partial charge in [-0.1, -0.05) is 11.6 Å².